The molecule has 0 radical (unpaired) electrons. The summed E-state index contributed by atoms with van der Waals surface area (Å²) in [6.45, 7) is 5.60. The number of carbonyl (C=O) groups excluding carboxylic acids is 2. The molecule has 1 fully saturated rings. The standard InChI is InChI=1S/C30H28ClNO6/c1-4-35-25-15-18(13-14-24(25)36-17-19-9-5-7-11-22(19)31)26(21-16-32-23-12-8-6-10-20(21)23)27-28(33)37-30(2,3)38-29(27)34/h5-16,26-27,32H,4,17H2,1-3H3/t26-/m0/s1. The second-order valence-corrected chi connectivity index (χ2v) is 9.91. The van der Waals surface area contributed by atoms with Crippen molar-refractivity contribution in [2.75, 3.05) is 6.61 Å². The molecular weight excluding hydrogens is 506 g/mol. The predicted molar refractivity (Wildman–Crippen MR) is 143 cm³/mol. The smallest absolute Gasteiger partial charge is 0.324 e. The summed E-state index contributed by atoms with van der Waals surface area (Å²) in [5.41, 5.74) is 3.18. The number of aromatic amines is 1. The molecule has 1 atom stereocenters. The van der Waals surface area contributed by atoms with Crippen LogP contribution in [0, 0.1) is 5.92 Å². The first-order chi connectivity index (χ1) is 18.3. The van der Waals surface area contributed by atoms with Crippen LogP contribution >= 0.6 is 11.6 Å². The highest BCUT2D eigenvalue weighted by atomic mass is 35.5. The van der Waals surface area contributed by atoms with Crippen LogP contribution in [-0.4, -0.2) is 29.3 Å². The number of benzene rings is 3. The Morgan fingerprint density at radius 1 is 0.947 bits per heavy atom. The fourth-order valence-electron chi connectivity index (χ4n) is 4.78. The molecule has 0 bridgehead atoms. The minimum absolute atomic E-state index is 0.251. The summed E-state index contributed by atoms with van der Waals surface area (Å²) >= 11 is 6.29. The average molecular weight is 534 g/mol. The van der Waals surface area contributed by atoms with Crippen LogP contribution in [0.2, 0.25) is 5.02 Å². The van der Waals surface area contributed by atoms with E-state index in [-0.39, 0.29) is 6.61 Å². The number of ether oxygens (including phenoxy) is 4. The zero-order valence-corrected chi connectivity index (χ0v) is 22.1. The highest BCUT2D eigenvalue weighted by molar-refractivity contribution is 6.31. The summed E-state index contributed by atoms with van der Waals surface area (Å²) in [6.07, 6.45) is 1.82. The zero-order chi connectivity index (χ0) is 26.9. The number of carbonyl (C=O) groups is 2. The molecular formula is C30H28ClNO6. The first-order valence-corrected chi connectivity index (χ1v) is 12.8. The molecule has 1 aliphatic rings. The molecule has 1 saturated heterocycles. The van der Waals surface area contributed by atoms with E-state index in [1.54, 1.807) is 12.1 Å². The number of cyclic esters (lactones) is 2. The van der Waals surface area contributed by atoms with Crippen LogP contribution < -0.4 is 9.47 Å². The molecule has 0 aliphatic carbocycles. The lowest BCUT2D eigenvalue weighted by molar-refractivity contribution is -0.240. The molecule has 4 aromatic rings. The van der Waals surface area contributed by atoms with Gasteiger partial charge in [-0.25, -0.2) is 0 Å². The maximum atomic E-state index is 13.2. The maximum Gasteiger partial charge on any atom is 0.324 e. The minimum Gasteiger partial charge on any atom is -0.490 e. The molecule has 7 nitrogen and oxygen atoms in total. The van der Waals surface area contributed by atoms with Gasteiger partial charge in [0.25, 0.3) is 5.79 Å². The largest absolute Gasteiger partial charge is 0.490 e. The molecule has 0 spiro atoms. The summed E-state index contributed by atoms with van der Waals surface area (Å²) in [5.74, 6) is -3.51. The van der Waals surface area contributed by atoms with Gasteiger partial charge < -0.3 is 23.9 Å². The Morgan fingerprint density at radius 3 is 2.39 bits per heavy atom. The van der Waals surface area contributed by atoms with E-state index in [2.05, 4.69) is 4.98 Å². The van der Waals surface area contributed by atoms with Gasteiger partial charge >= 0.3 is 11.9 Å². The molecule has 38 heavy (non-hydrogen) atoms. The van der Waals surface area contributed by atoms with Crippen LogP contribution in [0.25, 0.3) is 10.9 Å². The number of fused-ring (bicyclic) bond motifs is 1. The van der Waals surface area contributed by atoms with Gasteiger partial charge in [-0.1, -0.05) is 54.1 Å². The monoisotopic (exact) mass is 533 g/mol. The van der Waals surface area contributed by atoms with Gasteiger partial charge in [-0.2, -0.15) is 0 Å². The first kappa shape index (κ1) is 25.7. The Kier molecular flexibility index (Phi) is 7.04. The van der Waals surface area contributed by atoms with Crippen molar-refractivity contribution < 1.29 is 28.5 Å². The number of nitrogens with one attached hydrogen (secondary N) is 1. The normalized spacial score (nSPS) is 16.1. The fourth-order valence-corrected chi connectivity index (χ4v) is 4.97. The first-order valence-electron chi connectivity index (χ1n) is 12.4. The van der Waals surface area contributed by atoms with E-state index in [1.807, 2.05) is 67.7 Å². The van der Waals surface area contributed by atoms with Crippen molar-refractivity contribution in [1.82, 2.24) is 4.98 Å². The second kappa shape index (κ2) is 10.4. The SMILES string of the molecule is CCOc1cc([C@@H](c2c[nH]c3ccccc23)C2C(=O)OC(C)(C)OC2=O)ccc1OCc1ccccc1Cl. The molecule has 0 unspecified atom stereocenters. The van der Waals surface area contributed by atoms with Crippen molar-refractivity contribution in [3.8, 4) is 11.5 Å². The van der Waals surface area contributed by atoms with Crippen molar-refractivity contribution in [2.24, 2.45) is 5.92 Å². The Hall–Kier alpha value is -3.97. The van der Waals surface area contributed by atoms with E-state index in [0.29, 0.717) is 28.7 Å². The third-order valence-electron chi connectivity index (χ3n) is 6.46. The van der Waals surface area contributed by atoms with Crippen molar-refractivity contribution in [1.29, 1.82) is 0 Å². The maximum absolute atomic E-state index is 13.2. The van der Waals surface area contributed by atoms with Crippen LogP contribution in [0.1, 0.15) is 43.4 Å². The van der Waals surface area contributed by atoms with Gasteiger partial charge in [-0.05, 0) is 42.3 Å². The Labute approximate surface area is 225 Å². The lowest BCUT2D eigenvalue weighted by Crippen LogP contribution is -2.48. The molecule has 0 saturated carbocycles. The third-order valence-corrected chi connectivity index (χ3v) is 6.83. The number of H-pyrrole nitrogens is 1. The summed E-state index contributed by atoms with van der Waals surface area (Å²) in [6, 6.07) is 20.6. The summed E-state index contributed by atoms with van der Waals surface area (Å²) in [4.78, 5) is 29.7. The number of rotatable bonds is 8. The van der Waals surface area contributed by atoms with Gasteiger partial charge in [-0.15, -0.1) is 0 Å². The summed E-state index contributed by atoms with van der Waals surface area (Å²) in [5, 5.41) is 1.50. The van der Waals surface area contributed by atoms with E-state index in [4.69, 9.17) is 30.5 Å². The minimum atomic E-state index is -1.33. The molecule has 2 heterocycles. The molecule has 1 N–H and O–H groups in total. The van der Waals surface area contributed by atoms with Gasteiger partial charge in [0.1, 0.15) is 6.61 Å². The van der Waals surface area contributed by atoms with Crippen molar-refractivity contribution in [3.05, 3.63) is 94.6 Å². The summed E-state index contributed by atoms with van der Waals surface area (Å²) in [7, 11) is 0. The highest BCUT2D eigenvalue weighted by Gasteiger charge is 2.48. The Bertz CT molecular complexity index is 1470. The predicted octanol–water partition coefficient (Wildman–Crippen LogP) is 6.38. The lowest BCUT2D eigenvalue weighted by atomic mass is 9.80. The number of halogens is 1. The number of para-hydroxylation sites is 1. The van der Waals surface area contributed by atoms with Crippen molar-refractivity contribution in [2.45, 2.75) is 39.1 Å². The highest BCUT2D eigenvalue weighted by Crippen LogP contribution is 2.43. The Balaban J connectivity index is 1.57. The van der Waals surface area contributed by atoms with Gasteiger partial charge in [0.05, 0.1) is 6.61 Å². The molecule has 1 aliphatic heterocycles. The van der Waals surface area contributed by atoms with E-state index in [1.165, 1.54) is 13.8 Å². The van der Waals surface area contributed by atoms with E-state index >= 15 is 0 Å². The van der Waals surface area contributed by atoms with Gasteiger partial charge in [-0.3, -0.25) is 9.59 Å². The Morgan fingerprint density at radius 2 is 1.66 bits per heavy atom. The molecule has 8 heteroatoms. The van der Waals surface area contributed by atoms with E-state index in [0.717, 1.165) is 22.0 Å². The van der Waals surface area contributed by atoms with Gasteiger partial charge in [0.2, 0.25) is 0 Å². The molecule has 196 valence electrons. The molecule has 0 amide bonds. The number of hydrogen-bond acceptors (Lipinski definition) is 6. The fraction of sp³-hybridized carbons (Fsp3) is 0.267. The van der Waals surface area contributed by atoms with Crippen LogP contribution in [0.4, 0.5) is 0 Å². The van der Waals surface area contributed by atoms with Crippen LogP contribution in [-0.2, 0) is 25.7 Å². The third kappa shape index (κ3) is 5.07. The molecule has 3 aromatic carbocycles. The van der Waals surface area contributed by atoms with E-state index in [9.17, 15) is 9.59 Å². The molecule has 1 aromatic heterocycles. The second-order valence-electron chi connectivity index (χ2n) is 9.51. The number of esters is 2. The number of aromatic nitrogens is 1. The van der Waals surface area contributed by atoms with Crippen LogP contribution in [0.5, 0.6) is 11.5 Å². The lowest BCUT2D eigenvalue weighted by Gasteiger charge is -2.36. The van der Waals surface area contributed by atoms with Crippen LogP contribution in [0.3, 0.4) is 0 Å². The quantitative estimate of drug-likeness (QED) is 0.209. The van der Waals surface area contributed by atoms with Gasteiger partial charge in [0, 0.05) is 47.5 Å². The van der Waals surface area contributed by atoms with Crippen molar-refractivity contribution >= 4 is 34.4 Å². The number of hydrogen-bond donors (Lipinski definition) is 1. The van der Waals surface area contributed by atoms with Crippen LogP contribution in [0.15, 0.2) is 72.9 Å². The topological polar surface area (TPSA) is 86.9 Å². The molecule has 5 rings (SSSR count). The summed E-state index contributed by atoms with van der Waals surface area (Å²) < 4.78 is 23.0. The zero-order valence-electron chi connectivity index (χ0n) is 21.3. The average Bonchev–Trinajstić information content (AvgIpc) is 3.30. The van der Waals surface area contributed by atoms with E-state index < -0.39 is 29.6 Å². The van der Waals surface area contributed by atoms with Gasteiger partial charge in [0.15, 0.2) is 17.4 Å². The van der Waals surface area contributed by atoms with Crippen molar-refractivity contribution in [3.63, 3.8) is 0 Å².